The number of sulfonamides is 1. The van der Waals surface area contributed by atoms with E-state index >= 15 is 0 Å². The molecule has 3 aliphatic rings. The van der Waals surface area contributed by atoms with Gasteiger partial charge in [0, 0.05) is 42.7 Å². The summed E-state index contributed by atoms with van der Waals surface area (Å²) in [6, 6.07) is 9.97. The molecule has 1 aliphatic carbocycles. The summed E-state index contributed by atoms with van der Waals surface area (Å²) in [5.41, 5.74) is 1.49. The number of fused-ring (bicyclic) bond motifs is 2. The van der Waals surface area contributed by atoms with Crippen LogP contribution >= 0.6 is 11.3 Å². The van der Waals surface area contributed by atoms with Gasteiger partial charge in [0.25, 0.3) is 15.9 Å². The number of hydrogen-bond acceptors (Lipinski definition) is 6. The van der Waals surface area contributed by atoms with Gasteiger partial charge in [-0.25, -0.2) is 17.8 Å². The molecular weight excluding hydrogens is 527 g/mol. The second-order valence-electron chi connectivity index (χ2n) is 10.2. The van der Waals surface area contributed by atoms with Gasteiger partial charge in [0.15, 0.2) is 5.01 Å². The molecule has 1 N–H and O–H groups in total. The van der Waals surface area contributed by atoms with E-state index in [0.717, 1.165) is 30.5 Å². The first-order valence-electron chi connectivity index (χ1n) is 12.6. The van der Waals surface area contributed by atoms with Crippen LogP contribution in [0.2, 0.25) is 0 Å². The maximum atomic E-state index is 14.1. The molecule has 1 unspecified atom stereocenters. The molecule has 3 heterocycles. The fourth-order valence-electron chi connectivity index (χ4n) is 6.10. The lowest BCUT2D eigenvalue weighted by Gasteiger charge is -2.45. The molecule has 1 saturated heterocycles. The average molecular weight is 555 g/mol. The number of carbonyl (C=O) groups excluding carboxylic acids is 2. The molecule has 8 nitrogen and oxygen atoms in total. The number of rotatable bonds is 5. The second-order valence-corrected chi connectivity index (χ2v) is 12.9. The smallest absolute Gasteiger partial charge is 0.284 e. The Labute approximate surface area is 224 Å². The van der Waals surface area contributed by atoms with Gasteiger partial charge in [-0.2, -0.15) is 0 Å². The third-order valence-electron chi connectivity index (χ3n) is 8.01. The molecule has 1 saturated carbocycles. The van der Waals surface area contributed by atoms with Crippen molar-refractivity contribution in [1.82, 2.24) is 9.88 Å². The Bertz CT molecular complexity index is 1500. The highest BCUT2D eigenvalue weighted by Crippen LogP contribution is 2.59. The van der Waals surface area contributed by atoms with E-state index in [0.29, 0.717) is 42.3 Å². The summed E-state index contributed by atoms with van der Waals surface area (Å²) in [7, 11) is -4.01. The zero-order valence-electron chi connectivity index (χ0n) is 20.8. The number of halogens is 1. The lowest BCUT2D eigenvalue weighted by Crippen LogP contribution is -2.54. The standard InChI is InChI=1S/C27H27FN4O4S2/c1-17(33)31-13-10-27(11-14-31)22-16-20(30-25(34)26-29-12-15-37-26)6-9-23(22)32(24(27)18-2-3-18)38(35,36)21-7-4-19(28)5-8-21/h4-9,12,15-16,18,24H,2-3,10-11,13-14H2,1H3,(H,30,34). The van der Waals surface area contributed by atoms with Crippen LogP contribution in [-0.4, -0.2) is 49.2 Å². The quantitative estimate of drug-likeness (QED) is 0.504. The Morgan fingerprint density at radius 3 is 2.42 bits per heavy atom. The van der Waals surface area contributed by atoms with Crippen molar-refractivity contribution in [3.63, 3.8) is 0 Å². The molecule has 2 aliphatic heterocycles. The third kappa shape index (κ3) is 4.08. The van der Waals surface area contributed by atoms with Gasteiger partial charge >= 0.3 is 0 Å². The van der Waals surface area contributed by atoms with Crippen LogP contribution in [-0.2, 0) is 20.2 Å². The summed E-state index contributed by atoms with van der Waals surface area (Å²) >= 11 is 1.24. The van der Waals surface area contributed by atoms with Crippen molar-refractivity contribution in [3.05, 3.63) is 70.4 Å². The number of hydrogen-bond donors (Lipinski definition) is 1. The largest absolute Gasteiger partial charge is 0.343 e. The van der Waals surface area contributed by atoms with Gasteiger partial charge in [0.1, 0.15) is 5.82 Å². The molecule has 6 rings (SSSR count). The average Bonchev–Trinajstić information content (AvgIpc) is 3.49. The fourth-order valence-corrected chi connectivity index (χ4v) is 8.43. The Balaban J connectivity index is 1.47. The molecule has 38 heavy (non-hydrogen) atoms. The van der Waals surface area contributed by atoms with Crippen molar-refractivity contribution >= 4 is 44.5 Å². The molecule has 2 fully saturated rings. The van der Waals surface area contributed by atoms with Crippen LogP contribution in [0.5, 0.6) is 0 Å². The number of aromatic nitrogens is 1. The van der Waals surface area contributed by atoms with Crippen LogP contribution in [0.25, 0.3) is 0 Å². The molecule has 1 spiro atoms. The number of benzene rings is 2. The van der Waals surface area contributed by atoms with Crippen LogP contribution in [0.4, 0.5) is 15.8 Å². The van der Waals surface area contributed by atoms with Crippen LogP contribution in [0.3, 0.4) is 0 Å². The van der Waals surface area contributed by atoms with Crippen molar-refractivity contribution in [2.24, 2.45) is 5.92 Å². The van der Waals surface area contributed by atoms with Gasteiger partial charge in [-0.1, -0.05) is 0 Å². The predicted molar refractivity (Wildman–Crippen MR) is 142 cm³/mol. The molecule has 0 radical (unpaired) electrons. The molecule has 0 bridgehead atoms. The number of likely N-dealkylation sites (tertiary alicyclic amines) is 1. The number of amides is 2. The van der Waals surface area contributed by atoms with E-state index in [-0.39, 0.29) is 28.7 Å². The summed E-state index contributed by atoms with van der Waals surface area (Å²) < 4.78 is 43.5. The molecular formula is C27H27FN4O4S2. The zero-order valence-corrected chi connectivity index (χ0v) is 22.4. The topological polar surface area (TPSA) is 99.7 Å². The van der Waals surface area contributed by atoms with Gasteiger partial charge in [0.05, 0.1) is 16.6 Å². The van der Waals surface area contributed by atoms with E-state index in [1.54, 1.807) is 39.8 Å². The van der Waals surface area contributed by atoms with Crippen LogP contribution in [0, 0.1) is 11.7 Å². The van der Waals surface area contributed by atoms with Gasteiger partial charge in [0.2, 0.25) is 5.91 Å². The van der Waals surface area contributed by atoms with Gasteiger partial charge < -0.3 is 10.2 Å². The van der Waals surface area contributed by atoms with Gasteiger partial charge in [-0.15, -0.1) is 11.3 Å². The molecule has 3 aromatic rings. The minimum atomic E-state index is -4.01. The molecule has 2 aromatic carbocycles. The van der Waals surface area contributed by atoms with Gasteiger partial charge in [-0.3, -0.25) is 13.9 Å². The van der Waals surface area contributed by atoms with Crippen LogP contribution in [0.15, 0.2) is 58.9 Å². The molecule has 2 amide bonds. The first-order valence-corrected chi connectivity index (χ1v) is 14.9. The van der Waals surface area contributed by atoms with Crippen molar-refractivity contribution < 1.29 is 22.4 Å². The van der Waals surface area contributed by atoms with E-state index in [2.05, 4.69) is 10.3 Å². The number of thiazole rings is 1. The van der Waals surface area contributed by atoms with E-state index in [1.807, 2.05) is 6.07 Å². The maximum absolute atomic E-state index is 14.1. The Kier molecular flexibility index (Phi) is 6.03. The lowest BCUT2D eigenvalue weighted by molar-refractivity contribution is -0.130. The SMILES string of the molecule is CC(=O)N1CCC2(CC1)c1cc(NC(=O)c3nccs3)ccc1N(S(=O)(=O)c1ccc(F)cc1)C2C1CC1. The Morgan fingerprint density at radius 2 is 1.82 bits per heavy atom. The van der Waals surface area contributed by atoms with Crippen LogP contribution < -0.4 is 9.62 Å². The van der Waals surface area contributed by atoms with Crippen molar-refractivity contribution in [1.29, 1.82) is 0 Å². The zero-order chi connectivity index (χ0) is 26.7. The predicted octanol–water partition coefficient (Wildman–Crippen LogP) is 4.40. The summed E-state index contributed by atoms with van der Waals surface area (Å²) in [6.45, 7) is 2.60. The normalized spacial score (nSPS) is 20.4. The van der Waals surface area contributed by atoms with E-state index in [1.165, 1.54) is 23.5 Å². The minimum absolute atomic E-state index is 0.00120. The van der Waals surface area contributed by atoms with Crippen molar-refractivity contribution in [2.45, 2.75) is 49.0 Å². The minimum Gasteiger partial charge on any atom is -0.343 e. The number of piperidine rings is 1. The van der Waals surface area contributed by atoms with E-state index in [4.69, 9.17) is 0 Å². The van der Waals surface area contributed by atoms with E-state index in [9.17, 15) is 22.4 Å². The highest BCUT2D eigenvalue weighted by molar-refractivity contribution is 7.92. The number of anilines is 2. The summed E-state index contributed by atoms with van der Waals surface area (Å²) in [5.74, 6) is -0.651. The number of nitrogens with one attached hydrogen (secondary N) is 1. The van der Waals surface area contributed by atoms with Crippen molar-refractivity contribution in [3.8, 4) is 0 Å². The van der Waals surface area contributed by atoms with Crippen molar-refractivity contribution in [2.75, 3.05) is 22.7 Å². The third-order valence-corrected chi connectivity index (χ3v) is 10.6. The number of nitrogens with zero attached hydrogens (tertiary/aromatic N) is 3. The van der Waals surface area contributed by atoms with E-state index < -0.39 is 21.3 Å². The fraction of sp³-hybridized carbons (Fsp3) is 0.370. The Hall–Kier alpha value is -3.31. The molecule has 198 valence electrons. The first kappa shape index (κ1) is 25.0. The summed E-state index contributed by atoms with van der Waals surface area (Å²) in [6.07, 6.45) is 4.62. The first-order chi connectivity index (χ1) is 18.2. The lowest BCUT2D eigenvalue weighted by atomic mass is 9.68. The Morgan fingerprint density at radius 1 is 1.11 bits per heavy atom. The molecule has 1 atom stereocenters. The monoisotopic (exact) mass is 554 g/mol. The summed E-state index contributed by atoms with van der Waals surface area (Å²) in [5, 5.41) is 4.98. The summed E-state index contributed by atoms with van der Waals surface area (Å²) in [4.78, 5) is 30.8. The second kappa shape index (κ2) is 9.16. The highest BCUT2D eigenvalue weighted by Gasteiger charge is 2.60. The molecule has 1 aromatic heterocycles. The molecule has 11 heteroatoms. The highest BCUT2D eigenvalue weighted by atomic mass is 32.2. The van der Waals surface area contributed by atoms with Gasteiger partial charge in [-0.05, 0) is 79.6 Å². The van der Waals surface area contributed by atoms with Crippen LogP contribution in [0.1, 0.15) is 48.0 Å². The number of carbonyl (C=O) groups is 2. The maximum Gasteiger partial charge on any atom is 0.284 e.